The summed E-state index contributed by atoms with van der Waals surface area (Å²) < 4.78 is 24.0. The Morgan fingerprint density at radius 1 is 1.67 bits per heavy atom. The van der Waals surface area contributed by atoms with Crippen LogP contribution in [0.2, 0.25) is 0 Å². The van der Waals surface area contributed by atoms with Gasteiger partial charge in [-0.05, 0) is 13.8 Å². The summed E-state index contributed by atoms with van der Waals surface area (Å²) in [5, 5.41) is 7.15. The molecule has 0 saturated carbocycles. The van der Waals surface area contributed by atoms with Crippen LogP contribution in [0.1, 0.15) is 13.8 Å². The second kappa shape index (κ2) is 4.18. The van der Waals surface area contributed by atoms with Gasteiger partial charge in [0.25, 0.3) is 0 Å². The molecule has 0 aromatic rings. The second-order valence-electron chi connectivity index (χ2n) is 2.34. The van der Waals surface area contributed by atoms with Crippen LogP contribution < -0.4 is 4.72 Å². The van der Waals surface area contributed by atoms with Gasteiger partial charge in [-0.2, -0.15) is 5.26 Å². The van der Waals surface area contributed by atoms with Gasteiger partial charge in [0.1, 0.15) is 5.78 Å². The minimum absolute atomic E-state index is 0.256. The zero-order chi connectivity index (χ0) is 9.78. The van der Waals surface area contributed by atoms with E-state index < -0.39 is 15.3 Å². The van der Waals surface area contributed by atoms with Gasteiger partial charge in [-0.15, -0.1) is 0 Å². The van der Waals surface area contributed by atoms with E-state index in [9.17, 15) is 13.2 Å². The largest absolute Gasteiger partial charge is 0.299 e. The number of sulfonamides is 1. The highest BCUT2D eigenvalue weighted by Gasteiger charge is 2.19. The van der Waals surface area contributed by atoms with Gasteiger partial charge < -0.3 is 0 Å². The molecule has 0 aliphatic rings. The molecule has 1 N–H and O–H groups in total. The summed E-state index contributed by atoms with van der Waals surface area (Å²) in [5.74, 6) is -0.288. The second-order valence-corrected chi connectivity index (χ2v) is 4.43. The fraction of sp³-hybridized carbons (Fsp3) is 0.667. The Morgan fingerprint density at radius 2 is 2.17 bits per heavy atom. The SMILES string of the molecule is CC(=O)CNS(=O)(=O)C(C)C#N. The Balaban J connectivity index is 4.27. The summed E-state index contributed by atoms with van der Waals surface area (Å²) >= 11 is 0. The average molecular weight is 190 g/mol. The van der Waals surface area contributed by atoms with Gasteiger partial charge in [0, 0.05) is 0 Å². The van der Waals surface area contributed by atoms with Gasteiger partial charge in [-0.25, -0.2) is 13.1 Å². The lowest BCUT2D eigenvalue weighted by Gasteiger charge is -2.04. The maximum atomic E-state index is 11.0. The van der Waals surface area contributed by atoms with Crippen LogP contribution in [0.15, 0.2) is 0 Å². The van der Waals surface area contributed by atoms with Crippen molar-refractivity contribution in [2.75, 3.05) is 6.54 Å². The van der Waals surface area contributed by atoms with E-state index in [1.807, 2.05) is 4.72 Å². The lowest BCUT2D eigenvalue weighted by Crippen LogP contribution is -2.34. The topological polar surface area (TPSA) is 87.0 Å². The number of hydrogen-bond acceptors (Lipinski definition) is 4. The van der Waals surface area contributed by atoms with E-state index in [0.29, 0.717) is 0 Å². The van der Waals surface area contributed by atoms with Gasteiger partial charge >= 0.3 is 0 Å². The minimum Gasteiger partial charge on any atom is -0.299 e. The summed E-state index contributed by atoms with van der Waals surface area (Å²) in [6.45, 7) is 2.26. The lowest BCUT2D eigenvalue weighted by molar-refractivity contribution is -0.115. The molecule has 0 bridgehead atoms. The number of hydrogen-bond donors (Lipinski definition) is 1. The average Bonchev–Trinajstić information content (AvgIpc) is 1.99. The first kappa shape index (κ1) is 11.1. The molecule has 0 saturated heterocycles. The number of nitrogens with one attached hydrogen (secondary N) is 1. The Hall–Kier alpha value is -0.930. The summed E-state index contributed by atoms with van der Waals surface area (Å²) in [6.07, 6.45) is 0. The molecule has 0 radical (unpaired) electrons. The van der Waals surface area contributed by atoms with E-state index in [0.717, 1.165) is 0 Å². The van der Waals surface area contributed by atoms with Gasteiger partial charge in [-0.3, -0.25) is 4.79 Å². The third-order valence-corrected chi connectivity index (χ3v) is 2.75. The number of carbonyl (C=O) groups is 1. The van der Waals surface area contributed by atoms with Crippen LogP contribution in [-0.2, 0) is 14.8 Å². The van der Waals surface area contributed by atoms with Crippen LogP contribution >= 0.6 is 0 Å². The molecule has 0 rings (SSSR count). The van der Waals surface area contributed by atoms with Crippen molar-refractivity contribution in [1.29, 1.82) is 5.26 Å². The standard InChI is InChI=1S/C6H10N2O3S/c1-5(9)4-8-12(10,11)6(2)3-7/h6,8H,4H2,1-2H3. The van der Waals surface area contributed by atoms with Crippen molar-refractivity contribution in [1.82, 2.24) is 4.72 Å². The van der Waals surface area contributed by atoms with Crippen molar-refractivity contribution in [3.05, 3.63) is 0 Å². The summed E-state index contributed by atoms with van der Waals surface area (Å²) in [4.78, 5) is 10.4. The highest BCUT2D eigenvalue weighted by molar-refractivity contribution is 7.90. The van der Waals surface area contributed by atoms with Gasteiger partial charge in [-0.1, -0.05) is 0 Å². The monoisotopic (exact) mass is 190 g/mol. The van der Waals surface area contributed by atoms with E-state index in [-0.39, 0.29) is 12.3 Å². The van der Waals surface area contributed by atoms with Crippen LogP contribution in [0.25, 0.3) is 0 Å². The van der Waals surface area contributed by atoms with Gasteiger partial charge in [0.05, 0.1) is 12.6 Å². The first-order valence-corrected chi connectivity index (χ1v) is 4.82. The van der Waals surface area contributed by atoms with Crippen molar-refractivity contribution < 1.29 is 13.2 Å². The maximum Gasteiger partial charge on any atom is 0.228 e. The summed E-state index contributed by atoms with van der Waals surface area (Å²) in [6, 6.07) is 1.57. The molecule has 12 heavy (non-hydrogen) atoms. The van der Waals surface area contributed by atoms with E-state index in [1.54, 1.807) is 6.07 Å². The zero-order valence-corrected chi connectivity index (χ0v) is 7.68. The van der Waals surface area contributed by atoms with Crippen LogP contribution in [0.5, 0.6) is 0 Å². The Kier molecular flexibility index (Phi) is 3.86. The highest BCUT2D eigenvalue weighted by Crippen LogP contribution is 1.94. The lowest BCUT2D eigenvalue weighted by atomic mass is 10.5. The van der Waals surface area contributed by atoms with E-state index in [2.05, 4.69) is 0 Å². The van der Waals surface area contributed by atoms with Crippen molar-refractivity contribution in [2.24, 2.45) is 0 Å². The molecule has 0 heterocycles. The zero-order valence-electron chi connectivity index (χ0n) is 6.86. The van der Waals surface area contributed by atoms with Crippen LogP contribution in [0.3, 0.4) is 0 Å². The van der Waals surface area contributed by atoms with Crippen molar-refractivity contribution in [3.8, 4) is 6.07 Å². The van der Waals surface area contributed by atoms with Crippen molar-refractivity contribution in [2.45, 2.75) is 19.1 Å². The molecule has 0 spiro atoms. The molecule has 68 valence electrons. The first-order valence-electron chi connectivity index (χ1n) is 3.27. The highest BCUT2D eigenvalue weighted by atomic mass is 32.2. The smallest absolute Gasteiger partial charge is 0.228 e. The molecule has 0 aromatic heterocycles. The molecule has 5 nitrogen and oxygen atoms in total. The number of nitriles is 1. The Morgan fingerprint density at radius 3 is 2.50 bits per heavy atom. The summed E-state index contributed by atoms with van der Waals surface area (Å²) in [7, 11) is -3.64. The van der Waals surface area contributed by atoms with E-state index >= 15 is 0 Å². The fourth-order valence-electron chi connectivity index (χ4n) is 0.397. The van der Waals surface area contributed by atoms with Crippen molar-refractivity contribution in [3.63, 3.8) is 0 Å². The minimum atomic E-state index is -3.64. The fourth-order valence-corrected chi connectivity index (χ4v) is 1.19. The molecule has 0 amide bonds. The quantitative estimate of drug-likeness (QED) is 0.641. The number of ketones is 1. The van der Waals surface area contributed by atoms with Gasteiger partial charge in [0.2, 0.25) is 10.0 Å². The van der Waals surface area contributed by atoms with Crippen LogP contribution in [0, 0.1) is 11.3 Å². The number of rotatable bonds is 4. The van der Waals surface area contributed by atoms with Crippen LogP contribution in [-0.4, -0.2) is 26.0 Å². The third-order valence-electron chi connectivity index (χ3n) is 1.17. The number of nitrogens with zero attached hydrogens (tertiary/aromatic N) is 1. The predicted octanol–water partition coefficient (Wildman–Crippen LogP) is -0.593. The third kappa shape index (κ3) is 3.46. The Labute approximate surface area is 71.4 Å². The first-order chi connectivity index (χ1) is 5.40. The number of Topliss-reactive ketones (excluding diaryl/α,β-unsaturated/α-hetero) is 1. The molecule has 6 heteroatoms. The van der Waals surface area contributed by atoms with E-state index in [1.165, 1.54) is 13.8 Å². The summed E-state index contributed by atoms with van der Waals surface area (Å²) in [5.41, 5.74) is 0. The van der Waals surface area contributed by atoms with E-state index in [4.69, 9.17) is 5.26 Å². The van der Waals surface area contributed by atoms with Crippen LogP contribution in [0.4, 0.5) is 0 Å². The van der Waals surface area contributed by atoms with Gasteiger partial charge in [0.15, 0.2) is 5.25 Å². The number of carbonyl (C=O) groups excluding carboxylic acids is 1. The molecular formula is C6H10N2O3S. The molecule has 0 aliphatic heterocycles. The predicted molar refractivity (Wildman–Crippen MR) is 42.7 cm³/mol. The molecule has 0 fully saturated rings. The maximum absolute atomic E-state index is 11.0. The molecule has 1 unspecified atom stereocenters. The molecular weight excluding hydrogens is 180 g/mol. The Bertz CT molecular complexity index is 301. The molecule has 1 atom stereocenters. The molecule has 0 aliphatic carbocycles. The molecule has 0 aromatic carbocycles. The normalized spacial score (nSPS) is 13.4. The van der Waals surface area contributed by atoms with Crippen molar-refractivity contribution >= 4 is 15.8 Å².